The number of benzene rings is 2. The van der Waals surface area contributed by atoms with Gasteiger partial charge in [0.2, 0.25) is 6.79 Å². The van der Waals surface area contributed by atoms with Gasteiger partial charge < -0.3 is 29.6 Å². The van der Waals surface area contributed by atoms with Crippen LogP contribution < -0.4 is 24.8 Å². The van der Waals surface area contributed by atoms with Crippen LogP contribution in [0, 0.1) is 0 Å². The fourth-order valence-electron chi connectivity index (χ4n) is 3.66. The van der Waals surface area contributed by atoms with Crippen LogP contribution >= 0.6 is 12.2 Å². The highest BCUT2D eigenvalue weighted by molar-refractivity contribution is 7.80. The summed E-state index contributed by atoms with van der Waals surface area (Å²) >= 11 is 5.52. The van der Waals surface area contributed by atoms with Gasteiger partial charge in [-0.05, 0) is 47.6 Å². The fraction of sp³-hybridized carbons (Fsp3) is 0.409. The molecule has 0 aliphatic carbocycles. The van der Waals surface area contributed by atoms with E-state index in [9.17, 15) is 0 Å². The highest BCUT2D eigenvalue weighted by Gasteiger charge is 2.23. The van der Waals surface area contributed by atoms with Crippen LogP contribution in [0.25, 0.3) is 0 Å². The molecular formula is C22H27N3O4S. The SMILES string of the molecule is COc1ccc([C@@H](CNC(=S)NCc2ccc3c(c2)OCO3)N2CCOCC2)cc1. The number of fused-ring (bicyclic) bond motifs is 1. The first kappa shape index (κ1) is 20.7. The van der Waals surface area contributed by atoms with Gasteiger partial charge in [0.1, 0.15) is 5.75 Å². The summed E-state index contributed by atoms with van der Waals surface area (Å²) in [4.78, 5) is 2.43. The number of nitrogens with one attached hydrogen (secondary N) is 2. The van der Waals surface area contributed by atoms with Crippen LogP contribution in [0.1, 0.15) is 17.2 Å². The Morgan fingerprint density at radius 1 is 1.07 bits per heavy atom. The molecule has 1 fully saturated rings. The lowest BCUT2D eigenvalue weighted by Crippen LogP contribution is -2.45. The predicted molar refractivity (Wildman–Crippen MR) is 118 cm³/mol. The molecule has 2 aromatic carbocycles. The van der Waals surface area contributed by atoms with Crippen LogP contribution in [-0.2, 0) is 11.3 Å². The Bertz CT molecular complexity index is 856. The number of ether oxygens (including phenoxy) is 4. The van der Waals surface area contributed by atoms with Gasteiger partial charge in [-0.15, -0.1) is 0 Å². The Labute approximate surface area is 182 Å². The number of thiocarbonyl (C=S) groups is 1. The number of rotatable bonds is 7. The van der Waals surface area contributed by atoms with E-state index >= 15 is 0 Å². The molecule has 8 heteroatoms. The van der Waals surface area contributed by atoms with Crippen molar-refractivity contribution in [3.05, 3.63) is 53.6 Å². The van der Waals surface area contributed by atoms with E-state index in [0.29, 0.717) is 18.2 Å². The summed E-state index contributed by atoms with van der Waals surface area (Å²) in [7, 11) is 1.68. The van der Waals surface area contributed by atoms with E-state index < -0.39 is 0 Å². The number of nitrogens with zero attached hydrogens (tertiary/aromatic N) is 1. The molecule has 2 aliphatic rings. The van der Waals surface area contributed by atoms with Crippen molar-refractivity contribution in [1.29, 1.82) is 0 Å². The third kappa shape index (κ3) is 5.13. The second-order valence-corrected chi connectivity index (χ2v) is 7.60. The molecule has 4 rings (SSSR count). The second-order valence-electron chi connectivity index (χ2n) is 7.19. The molecule has 160 valence electrons. The van der Waals surface area contributed by atoms with Gasteiger partial charge >= 0.3 is 0 Å². The van der Waals surface area contributed by atoms with Crippen molar-refractivity contribution in [2.24, 2.45) is 0 Å². The molecule has 2 aromatic rings. The summed E-state index contributed by atoms with van der Waals surface area (Å²) in [6.07, 6.45) is 0. The molecule has 0 saturated carbocycles. The summed E-state index contributed by atoms with van der Waals surface area (Å²) in [5, 5.41) is 7.28. The highest BCUT2D eigenvalue weighted by Crippen LogP contribution is 2.32. The van der Waals surface area contributed by atoms with E-state index in [4.69, 9.17) is 31.2 Å². The minimum absolute atomic E-state index is 0.199. The Balaban J connectivity index is 1.34. The second kappa shape index (κ2) is 9.97. The maximum Gasteiger partial charge on any atom is 0.231 e. The maximum atomic E-state index is 5.53. The molecule has 2 aliphatic heterocycles. The zero-order valence-electron chi connectivity index (χ0n) is 17.1. The molecule has 0 unspecified atom stereocenters. The minimum Gasteiger partial charge on any atom is -0.497 e. The normalized spacial score (nSPS) is 16.7. The van der Waals surface area contributed by atoms with Crippen LogP contribution in [0.3, 0.4) is 0 Å². The van der Waals surface area contributed by atoms with Crippen molar-refractivity contribution < 1.29 is 18.9 Å². The Hall–Kier alpha value is -2.55. The van der Waals surface area contributed by atoms with Crippen molar-refractivity contribution in [3.63, 3.8) is 0 Å². The van der Waals surface area contributed by atoms with Crippen molar-refractivity contribution in [2.45, 2.75) is 12.6 Å². The first-order valence-corrected chi connectivity index (χ1v) is 10.5. The zero-order chi connectivity index (χ0) is 20.8. The molecule has 1 saturated heterocycles. The average molecular weight is 430 g/mol. The lowest BCUT2D eigenvalue weighted by Gasteiger charge is -2.35. The Kier molecular flexibility index (Phi) is 6.88. The standard InChI is InChI=1S/C22H27N3O4S/c1-26-18-5-3-17(4-6-18)19(25-8-10-27-11-9-25)14-24-22(30)23-13-16-2-7-20-21(12-16)29-15-28-20/h2-7,12,19H,8-11,13-15H2,1H3,(H2,23,24,30)/t19-/m1/s1. The van der Waals surface area contributed by atoms with Gasteiger partial charge in [0.05, 0.1) is 26.4 Å². The van der Waals surface area contributed by atoms with Crippen LogP contribution in [0.5, 0.6) is 17.2 Å². The van der Waals surface area contributed by atoms with Crippen molar-refractivity contribution >= 4 is 17.3 Å². The van der Waals surface area contributed by atoms with Gasteiger partial charge in [-0.3, -0.25) is 4.90 Å². The van der Waals surface area contributed by atoms with Crippen molar-refractivity contribution in [2.75, 3.05) is 46.8 Å². The zero-order valence-corrected chi connectivity index (χ0v) is 17.9. The predicted octanol–water partition coefficient (Wildman–Crippen LogP) is 2.46. The van der Waals surface area contributed by atoms with Crippen molar-refractivity contribution in [3.8, 4) is 17.2 Å². The van der Waals surface area contributed by atoms with Gasteiger partial charge in [-0.1, -0.05) is 18.2 Å². The lowest BCUT2D eigenvalue weighted by atomic mass is 10.0. The molecule has 1 atom stereocenters. The van der Waals surface area contributed by atoms with E-state index in [1.54, 1.807) is 7.11 Å². The Morgan fingerprint density at radius 2 is 1.83 bits per heavy atom. The van der Waals surface area contributed by atoms with Gasteiger partial charge in [0.25, 0.3) is 0 Å². The molecule has 0 radical (unpaired) electrons. The lowest BCUT2D eigenvalue weighted by molar-refractivity contribution is 0.0170. The number of hydrogen-bond donors (Lipinski definition) is 2. The number of methoxy groups -OCH3 is 1. The fourth-order valence-corrected chi connectivity index (χ4v) is 3.81. The molecule has 7 nitrogen and oxygen atoms in total. The van der Waals surface area contributed by atoms with E-state index in [2.05, 4.69) is 27.7 Å². The number of morpholine rings is 1. The summed E-state index contributed by atoms with van der Waals surface area (Å²) in [5.74, 6) is 2.42. The third-order valence-corrected chi connectivity index (χ3v) is 5.62. The molecule has 0 aromatic heterocycles. The van der Waals surface area contributed by atoms with E-state index in [-0.39, 0.29) is 12.8 Å². The van der Waals surface area contributed by atoms with Gasteiger partial charge in [-0.2, -0.15) is 0 Å². The van der Waals surface area contributed by atoms with E-state index in [0.717, 1.165) is 49.1 Å². The summed E-state index contributed by atoms with van der Waals surface area (Å²) < 4.78 is 21.6. The first-order chi connectivity index (χ1) is 14.7. The number of hydrogen-bond acceptors (Lipinski definition) is 6. The van der Waals surface area contributed by atoms with Crippen LogP contribution in [-0.4, -0.2) is 56.8 Å². The van der Waals surface area contributed by atoms with Crippen molar-refractivity contribution in [1.82, 2.24) is 15.5 Å². The maximum absolute atomic E-state index is 5.53. The Morgan fingerprint density at radius 3 is 2.60 bits per heavy atom. The van der Waals surface area contributed by atoms with Crippen LogP contribution in [0.15, 0.2) is 42.5 Å². The molecule has 2 heterocycles. The quantitative estimate of drug-likeness (QED) is 0.651. The van der Waals surface area contributed by atoms with E-state index in [1.807, 2.05) is 30.3 Å². The van der Waals surface area contributed by atoms with E-state index in [1.165, 1.54) is 5.56 Å². The van der Waals surface area contributed by atoms with Crippen LogP contribution in [0.4, 0.5) is 0 Å². The first-order valence-electron chi connectivity index (χ1n) is 10.1. The van der Waals surface area contributed by atoms with Gasteiger partial charge in [-0.25, -0.2) is 0 Å². The summed E-state index contributed by atoms with van der Waals surface area (Å²) in [6.45, 7) is 4.90. The third-order valence-electron chi connectivity index (χ3n) is 5.33. The van der Waals surface area contributed by atoms with Crippen LogP contribution in [0.2, 0.25) is 0 Å². The largest absolute Gasteiger partial charge is 0.497 e. The molecule has 0 amide bonds. The summed E-state index contributed by atoms with van der Waals surface area (Å²) in [6, 6.07) is 14.3. The summed E-state index contributed by atoms with van der Waals surface area (Å²) in [5.41, 5.74) is 2.31. The monoisotopic (exact) mass is 429 g/mol. The molecular weight excluding hydrogens is 402 g/mol. The minimum atomic E-state index is 0.199. The smallest absolute Gasteiger partial charge is 0.231 e. The van der Waals surface area contributed by atoms with Gasteiger partial charge in [0.15, 0.2) is 16.6 Å². The highest BCUT2D eigenvalue weighted by atomic mass is 32.1. The molecule has 2 N–H and O–H groups in total. The molecule has 0 spiro atoms. The molecule has 0 bridgehead atoms. The topological polar surface area (TPSA) is 64.2 Å². The average Bonchev–Trinajstić information content (AvgIpc) is 3.27. The molecule has 30 heavy (non-hydrogen) atoms. The van der Waals surface area contributed by atoms with Gasteiger partial charge in [0, 0.05) is 26.2 Å².